The van der Waals surface area contributed by atoms with Crippen molar-refractivity contribution in [1.29, 1.82) is 0 Å². The summed E-state index contributed by atoms with van der Waals surface area (Å²) in [5.74, 6) is 0. The molecule has 4 nitrogen and oxygen atoms in total. The summed E-state index contributed by atoms with van der Waals surface area (Å²) in [4.78, 5) is 5.18. The van der Waals surface area contributed by atoms with Gasteiger partial charge in [0.1, 0.15) is 0 Å². The quantitative estimate of drug-likeness (QED) is 0.228. The Morgan fingerprint density at radius 1 is 0.477 bits per heavy atom. The normalized spacial score (nSPS) is 22.2. The topological polar surface area (TPSA) is 24.9 Å². The van der Waals surface area contributed by atoms with Crippen LogP contribution in [0.5, 0.6) is 0 Å². The van der Waals surface area contributed by atoms with E-state index in [2.05, 4.69) is 82.6 Å². The number of benzene rings is 4. The first-order valence-electron chi connectivity index (χ1n) is 16.1. The van der Waals surface area contributed by atoms with Crippen LogP contribution in [0.4, 0.5) is 0 Å². The monoisotopic (exact) mass is 624 g/mol. The molecule has 0 saturated carbocycles. The van der Waals surface area contributed by atoms with Crippen LogP contribution in [-0.4, -0.2) is 74.5 Å². The highest BCUT2D eigenvalue weighted by atomic mass is 35.5. The van der Waals surface area contributed by atoms with Crippen molar-refractivity contribution in [3.63, 3.8) is 0 Å². The third kappa shape index (κ3) is 5.40. The van der Waals surface area contributed by atoms with Gasteiger partial charge in [0.25, 0.3) is 0 Å². The fourth-order valence-corrected chi connectivity index (χ4v) is 8.53. The first-order valence-corrected chi connectivity index (χ1v) is 16.8. The minimum Gasteiger partial charge on any atom is -0.379 e. The number of ether oxygens (including phenoxy) is 2. The van der Waals surface area contributed by atoms with Crippen molar-refractivity contribution in [2.24, 2.45) is 0 Å². The van der Waals surface area contributed by atoms with Crippen LogP contribution in [-0.2, 0) is 35.2 Å². The second-order valence-electron chi connectivity index (χ2n) is 12.7. The zero-order valence-electron chi connectivity index (χ0n) is 25.0. The van der Waals surface area contributed by atoms with Gasteiger partial charge in [-0.15, -0.1) is 0 Å². The molecule has 0 N–H and O–H groups in total. The van der Waals surface area contributed by atoms with E-state index < -0.39 is 0 Å². The van der Waals surface area contributed by atoms with Crippen molar-refractivity contribution in [1.82, 2.24) is 9.80 Å². The summed E-state index contributed by atoms with van der Waals surface area (Å²) >= 11 is 14.4. The number of nitrogens with zero attached hydrogens (tertiary/aromatic N) is 2. The number of halogens is 2. The average Bonchev–Trinajstić information content (AvgIpc) is 3.70. The molecule has 4 aliphatic rings. The molecule has 2 unspecified atom stereocenters. The van der Waals surface area contributed by atoms with Crippen LogP contribution in [0, 0.1) is 0 Å². The van der Waals surface area contributed by atoms with E-state index in [9.17, 15) is 0 Å². The van der Waals surface area contributed by atoms with E-state index in [4.69, 9.17) is 32.7 Å². The van der Waals surface area contributed by atoms with Gasteiger partial charge in [-0.3, -0.25) is 9.80 Å². The maximum Gasteiger partial charge on any atom is 0.0594 e. The van der Waals surface area contributed by atoms with Crippen LogP contribution in [0.2, 0.25) is 10.0 Å². The molecule has 2 atom stereocenters. The van der Waals surface area contributed by atoms with Gasteiger partial charge in [-0.1, -0.05) is 96.0 Å². The lowest BCUT2D eigenvalue weighted by Gasteiger charge is -2.32. The molecule has 2 aliphatic carbocycles. The van der Waals surface area contributed by atoms with Crippen LogP contribution in [0.15, 0.2) is 72.8 Å². The summed E-state index contributed by atoms with van der Waals surface area (Å²) < 4.78 is 11.2. The molecule has 0 radical (unpaired) electrons. The van der Waals surface area contributed by atoms with Crippen LogP contribution < -0.4 is 0 Å². The number of rotatable bonds is 5. The Morgan fingerprint density at radius 2 is 0.864 bits per heavy atom. The van der Waals surface area contributed by atoms with E-state index in [0.717, 1.165) is 111 Å². The highest BCUT2D eigenvalue weighted by Crippen LogP contribution is 2.43. The predicted molar refractivity (Wildman–Crippen MR) is 180 cm³/mol. The van der Waals surface area contributed by atoms with Crippen molar-refractivity contribution in [2.45, 2.75) is 37.8 Å². The average molecular weight is 626 g/mol. The Labute approximate surface area is 270 Å². The van der Waals surface area contributed by atoms with Crippen molar-refractivity contribution in [3.05, 3.63) is 105 Å². The molecule has 44 heavy (non-hydrogen) atoms. The minimum absolute atomic E-state index is 0.567. The molecule has 0 bridgehead atoms. The van der Waals surface area contributed by atoms with Gasteiger partial charge in [0.15, 0.2) is 0 Å². The highest BCUT2D eigenvalue weighted by Gasteiger charge is 2.30. The molecule has 0 spiro atoms. The first-order chi connectivity index (χ1) is 21.6. The van der Waals surface area contributed by atoms with Gasteiger partial charge in [-0.2, -0.15) is 0 Å². The summed E-state index contributed by atoms with van der Waals surface area (Å²) in [5, 5.41) is 1.49. The summed E-state index contributed by atoms with van der Waals surface area (Å²) in [6.07, 6.45) is 4.40. The van der Waals surface area contributed by atoms with E-state index >= 15 is 0 Å². The van der Waals surface area contributed by atoms with Gasteiger partial charge < -0.3 is 9.47 Å². The van der Waals surface area contributed by atoms with Gasteiger partial charge in [0.2, 0.25) is 0 Å². The fourth-order valence-electron chi connectivity index (χ4n) is 7.85. The molecule has 2 fully saturated rings. The Kier molecular flexibility index (Phi) is 8.00. The molecule has 0 aromatic heterocycles. The number of morpholine rings is 2. The first kappa shape index (κ1) is 28.8. The Morgan fingerprint density at radius 3 is 1.30 bits per heavy atom. The second kappa shape index (κ2) is 12.2. The third-order valence-corrected chi connectivity index (χ3v) is 11.1. The maximum absolute atomic E-state index is 7.22. The SMILES string of the molecule is Clc1c(-c2ccc3c(c2)CC(N2CCOCC2)C3)cccc1-c1cccc(-c2ccc3c(c2)CC(N2CCOCC2)C3)c1Cl. The zero-order chi connectivity index (χ0) is 29.6. The minimum atomic E-state index is 0.567. The van der Waals surface area contributed by atoms with E-state index in [0.29, 0.717) is 12.1 Å². The summed E-state index contributed by atoms with van der Waals surface area (Å²) in [5.41, 5.74) is 12.2. The molecule has 226 valence electrons. The second-order valence-corrected chi connectivity index (χ2v) is 13.5. The smallest absolute Gasteiger partial charge is 0.0594 e. The largest absolute Gasteiger partial charge is 0.379 e. The van der Waals surface area contributed by atoms with Crippen molar-refractivity contribution in [2.75, 3.05) is 52.6 Å². The molecule has 2 aliphatic heterocycles. The van der Waals surface area contributed by atoms with Gasteiger partial charge >= 0.3 is 0 Å². The Balaban J connectivity index is 1.06. The lowest BCUT2D eigenvalue weighted by Crippen LogP contribution is -2.43. The summed E-state index contributed by atoms with van der Waals surface area (Å²) in [6.45, 7) is 7.47. The number of fused-ring (bicyclic) bond motifs is 2. The molecule has 8 rings (SSSR count). The van der Waals surface area contributed by atoms with E-state index in [-0.39, 0.29) is 0 Å². The molecular weight excluding hydrogens is 587 g/mol. The standard InChI is InChI=1S/C38H38Cl2N2O2/c39-37-33(27-9-7-25-21-31(23-29(25)19-27)41-11-15-43-16-12-41)3-1-5-35(37)36-6-2-4-34(38(36)40)28-10-8-26-22-32(24-30(26)20-28)42-13-17-44-18-14-42/h1-10,19-20,31-32H,11-18,21-24H2. The predicted octanol–water partition coefficient (Wildman–Crippen LogP) is 7.59. The highest BCUT2D eigenvalue weighted by molar-refractivity contribution is 6.39. The lowest BCUT2D eigenvalue weighted by molar-refractivity contribution is 0.0186. The van der Waals surface area contributed by atoms with E-state index in [1.807, 2.05) is 0 Å². The van der Waals surface area contributed by atoms with Crippen LogP contribution >= 0.6 is 23.2 Å². The van der Waals surface area contributed by atoms with Crippen LogP contribution in [0.25, 0.3) is 33.4 Å². The van der Waals surface area contributed by atoms with Gasteiger partial charge in [0.05, 0.1) is 36.5 Å². The zero-order valence-corrected chi connectivity index (χ0v) is 26.5. The van der Waals surface area contributed by atoms with Gasteiger partial charge in [-0.25, -0.2) is 0 Å². The summed E-state index contributed by atoms with van der Waals surface area (Å²) in [7, 11) is 0. The summed E-state index contributed by atoms with van der Waals surface area (Å²) in [6, 6.07) is 27.6. The van der Waals surface area contributed by atoms with Crippen molar-refractivity contribution >= 4 is 23.2 Å². The van der Waals surface area contributed by atoms with Crippen LogP contribution in [0.1, 0.15) is 22.3 Å². The molecule has 6 heteroatoms. The molecule has 0 amide bonds. The molecular formula is C38H38Cl2N2O2. The van der Waals surface area contributed by atoms with E-state index in [1.54, 1.807) is 0 Å². The third-order valence-electron chi connectivity index (χ3n) is 10.3. The number of hydrogen-bond acceptors (Lipinski definition) is 4. The molecule has 4 aromatic rings. The maximum atomic E-state index is 7.22. The molecule has 2 heterocycles. The lowest BCUT2D eigenvalue weighted by atomic mass is 9.94. The molecule has 4 aromatic carbocycles. The fraction of sp³-hybridized carbons (Fsp3) is 0.368. The van der Waals surface area contributed by atoms with Gasteiger partial charge in [-0.05, 0) is 59.1 Å². The Hall–Kier alpha value is -2.70. The van der Waals surface area contributed by atoms with Crippen LogP contribution in [0.3, 0.4) is 0 Å². The molecule has 2 saturated heterocycles. The van der Waals surface area contributed by atoms with Gasteiger partial charge in [0, 0.05) is 60.5 Å². The van der Waals surface area contributed by atoms with E-state index in [1.165, 1.54) is 33.4 Å². The van der Waals surface area contributed by atoms with Crippen molar-refractivity contribution in [3.8, 4) is 33.4 Å². The Bertz CT molecular complexity index is 1570. The number of hydrogen-bond donors (Lipinski definition) is 0. The van der Waals surface area contributed by atoms with Crippen molar-refractivity contribution < 1.29 is 9.47 Å².